The SMILES string of the molecule is CCCCCCN(CCCCCC)c1ccc2c(O)c(/C=C/C3=[N+](CCCS(=O)(=O)[O-])c4ccc(S(=O)(=O)[O-])cc4C3(C)C)c(=O)n(CCCS(=O)(=O)[O-])c2c1. The van der Waals surface area contributed by atoms with Gasteiger partial charge in [-0.3, -0.25) is 4.79 Å². The average Bonchev–Trinajstić information content (AvgIpc) is 3.31. The van der Waals surface area contributed by atoms with Crippen molar-refractivity contribution in [1.82, 2.24) is 4.57 Å². The molecule has 4 rings (SSSR count). The molecule has 1 aliphatic rings. The van der Waals surface area contributed by atoms with Crippen LogP contribution in [0.5, 0.6) is 5.75 Å². The lowest BCUT2D eigenvalue weighted by Gasteiger charge is -2.26. The first-order valence-electron chi connectivity index (χ1n) is 19.1. The molecule has 0 aliphatic carbocycles. The second-order valence-corrected chi connectivity index (χ2v) is 19.3. The van der Waals surface area contributed by atoms with Gasteiger partial charge in [0.15, 0.2) is 5.71 Å². The van der Waals surface area contributed by atoms with Gasteiger partial charge in [0, 0.05) is 66.3 Å². The van der Waals surface area contributed by atoms with E-state index in [1.807, 2.05) is 12.1 Å². The fourth-order valence-corrected chi connectivity index (χ4v) is 8.82. The van der Waals surface area contributed by atoms with Crippen molar-refractivity contribution in [2.75, 3.05) is 36.0 Å². The van der Waals surface area contributed by atoms with Crippen molar-refractivity contribution in [3.63, 3.8) is 0 Å². The number of aromatic nitrogens is 1. The smallest absolute Gasteiger partial charge is 0.262 e. The average molecular weight is 836 g/mol. The molecule has 17 heteroatoms. The normalized spacial score (nSPS) is 14.6. The molecule has 2 aromatic carbocycles. The Hall–Kier alpha value is -3.61. The molecule has 0 spiro atoms. The number of rotatable bonds is 22. The molecule has 1 N–H and O–H groups in total. The van der Waals surface area contributed by atoms with Crippen LogP contribution in [0.4, 0.5) is 11.4 Å². The molecule has 0 saturated carbocycles. The molecule has 3 aromatic rings. The quantitative estimate of drug-likeness (QED) is 0.0749. The number of unbranched alkanes of at least 4 members (excludes halogenated alkanes) is 6. The minimum Gasteiger partial charge on any atom is -0.748 e. The van der Waals surface area contributed by atoms with E-state index in [0.29, 0.717) is 27.9 Å². The van der Waals surface area contributed by atoms with Crippen molar-refractivity contribution in [2.24, 2.45) is 0 Å². The molecular formula is C39H53N3O11S3-2. The van der Waals surface area contributed by atoms with Gasteiger partial charge >= 0.3 is 0 Å². The molecule has 0 radical (unpaired) electrons. The molecule has 0 fully saturated rings. The van der Waals surface area contributed by atoms with Gasteiger partial charge in [0.2, 0.25) is 5.69 Å². The summed E-state index contributed by atoms with van der Waals surface area (Å²) in [5.74, 6) is -1.71. The molecule has 0 saturated heterocycles. The molecule has 14 nitrogen and oxygen atoms in total. The summed E-state index contributed by atoms with van der Waals surface area (Å²) in [6, 6.07) is 9.22. The van der Waals surface area contributed by atoms with Crippen LogP contribution in [0.25, 0.3) is 17.0 Å². The number of fused-ring (bicyclic) bond motifs is 2. The van der Waals surface area contributed by atoms with E-state index in [9.17, 15) is 48.8 Å². The minimum absolute atomic E-state index is 0.00874. The topological polar surface area (TPSA) is 220 Å². The molecule has 0 unspecified atom stereocenters. The van der Waals surface area contributed by atoms with Crippen LogP contribution < -0.4 is 10.5 Å². The van der Waals surface area contributed by atoms with Crippen LogP contribution in [0.2, 0.25) is 0 Å². The maximum absolute atomic E-state index is 14.3. The Balaban J connectivity index is 1.87. The van der Waals surface area contributed by atoms with Crippen molar-refractivity contribution in [2.45, 2.75) is 109 Å². The van der Waals surface area contributed by atoms with Crippen molar-refractivity contribution in [1.29, 1.82) is 0 Å². The molecule has 1 aliphatic heterocycles. The fraction of sp³-hybridized carbons (Fsp3) is 0.538. The zero-order chi connectivity index (χ0) is 41.5. The van der Waals surface area contributed by atoms with Crippen LogP contribution in [-0.4, -0.2) is 90.0 Å². The Bertz CT molecular complexity index is 2340. The minimum atomic E-state index is -4.83. The molecular weight excluding hydrogens is 783 g/mol. The number of hydrogen-bond donors (Lipinski definition) is 1. The van der Waals surface area contributed by atoms with Crippen molar-refractivity contribution >= 4 is 64.4 Å². The van der Waals surface area contributed by atoms with Gasteiger partial charge in [-0.25, -0.2) is 25.3 Å². The molecule has 56 heavy (non-hydrogen) atoms. The molecule has 0 amide bonds. The van der Waals surface area contributed by atoms with Gasteiger partial charge in [0.05, 0.1) is 41.6 Å². The Labute approximate surface area is 330 Å². The maximum Gasteiger partial charge on any atom is 0.262 e. The second kappa shape index (κ2) is 18.8. The summed E-state index contributed by atoms with van der Waals surface area (Å²) >= 11 is 0. The zero-order valence-electron chi connectivity index (χ0n) is 32.5. The predicted octanol–water partition coefficient (Wildman–Crippen LogP) is 5.54. The van der Waals surface area contributed by atoms with Crippen LogP contribution in [0.3, 0.4) is 0 Å². The number of pyridine rings is 1. The van der Waals surface area contributed by atoms with Gasteiger partial charge in [0.25, 0.3) is 5.56 Å². The van der Waals surface area contributed by atoms with Gasteiger partial charge in [0.1, 0.15) is 22.4 Å². The first-order chi connectivity index (χ1) is 26.2. The Morgan fingerprint density at radius 2 is 1.39 bits per heavy atom. The third kappa shape index (κ3) is 11.5. The highest BCUT2D eigenvalue weighted by Gasteiger charge is 2.44. The van der Waals surface area contributed by atoms with Crippen LogP contribution in [0, 0.1) is 0 Å². The van der Waals surface area contributed by atoms with Gasteiger partial charge in [-0.2, -0.15) is 4.58 Å². The fourth-order valence-electron chi connectivity index (χ4n) is 7.35. The number of aryl methyl sites for hydroxylation is 1. The molecule has 0 atom stereocenters. The van der Waals surface area contributed by atoms with Crippen molar-refractivity contribution < 1.29 is 48.6 Å². The highest BCUT2D eigenvalue weighted by molar-refractivity contribution is 7.86. The summed E-state index contributed by atoms with van der Waals surface area (Å²) in [6.07, 6.45) is 11.1. The Morgan fingerprint density at radius 3 is 1.96 bits per heavy atom. The van der Waals surface area contributed by atoms with Crippen molar-refractivity contribution in [3.05, 3.63) is 64.0 Å². The number of aromatic hydroxyl groups is 1. The summed E-state index contributed by atoms with van der Waals surface area (Å²) in [5, 5.41) is 12.0. The monoisotopic (exact) mass is 835 g/mol. The first kappa shape index (κ1) is 45.1. The molecule has 1 aromatic heterocycles. The highest BCUT2D eigenvalue weighted by Crippen LogP contribution is 2.42. The third-order valence-corrected chi connectivity index (χ3v) is 12.7. The third-order valence-electron chi connectivity index (χ3n) is 10.3. The van der Waals surface area contributed by atoms with Gasteiger partial charge in [-0.1, -0.05) is 52.4 Å². The van der Waals surface area contributed by atoms with E-state index in [-0.39, 0.29) is 37.2 Å². The number of nitrogens with zero attached hydrogens (tertiary/aromatic N) is 3. The van der Waals surface area contributed by atoms with Crippen LogP contribution in [-0.2, 0) is 42.3 Å². The predicted molar refractivity (Wildman–Crippen MR) is 215 cm³/mol. The second-order valence-electron chi connectivity index (χ2n) is 14.9. The molecule has 0 bridgehead atoms. The highest BCUT2D eigenvalue weighted by atomic mass is 32.2. The van der Waals surface area contributed by atoms with E-state index >= 15 is 0 Å². The summed E-state index contributed by atoms with van der Waals surface area (Å²) in [5.41, 5.74) is 0.752. The number of benzene rings is 2. The Morgan fingerprint density at radius 1 is 0.786 bits per heavy atom. The van der Waals surface area contributed by atoms with E-state index in [1.165, 1.54) is 28.9 Å². The summed E-state index contributed by atoms with van der Waals surface area (Å²) in [4.78, 5) is 16.1. The summed E-state index contributed by atoms with van der Waals surface area (Å²) in [6.45, 7) is 9.24. The summed E-state index contributed by atoms with van der Waals surface area (Å²) < 4.78 is 108. The largest absolute Gasteiger partial charge is 0.748 e. The lowest BCUT2D eigenvalue weighted by Crippen LogP contribution is -2.29. The maximum atomic E-state index is 14.3. The Kier molecular flexibility index (Phi) is 15.1. The number of hydrogen-bond acceptors (Lipinski definition) is 12. The van der Waals surface area contributed by atoms with Crippen molar-refractivity contribution in [3.8, 4) is 5.75 Å². The van der Waals surface area contributed by atoms with Crippen LogP contribution in [0.15, 0.2) is 52.2 Å². The van der Waals surface area contributed by atoms with E-state index in [4.69, 9.17) is 0 Å². The van der Waals surface area contributed by atoms with E-state index in [2.05, 4.69) is 18.7 Å². The van der Waals surface area contributed by atoms with Gasteiger partial charge < -0.3 is 28.2 Å². The molecule has 2 heterocycles. The zero-order valence-corrected chi connectivity index (χ0v) is 35.0. The lowest BCUT2D eigenvalue weighted by atomic mass is 9.81. The standard InChI is InChI=1S/C39H55N3O11S3/c1-5-7-9-11-21-40(22-12-10-8-6-2)29-15-17-31-35(27-29)42(24-14-26-55(48,49)50)38(44)32(37(31)43)18-20-36-39(3,4)33-28-30(56(51,52)53)16-19-34(33)41(36)23-13-25-54(45,46)47/h15-20,27-28H,5-14,21-26H2,1-4H3,(H3,45,46,47,48,49,50,51,52,53)/p-2. The van der Waals surface area contributed by atoms with E-state index < -0.39 is 57.7 Å². The van der Waals surface area contributed by atoms with E-state index in [1.54, 1.807) is 24.5 Å². The van der Waals surface area contributed by atoms with Gasteiger partial charge in [-0.15, -0.1) is 0 Å². The van der Waals surface area contributed by atoms with E-state index in [0.717, 1.165) is 76.2 Å². The summed E-state index contributed by atoms with van der Waals surface area (Å²) in [7, 11) is -14.0. The molecule has 310 valence electrons. The van der Waals surface area contributed by atoms with Crippen LogP contribution in [0.1, 0.15) is 103 Å². The lowest BCUT2D eigenvalue weighted by molar-refractivity contribution is -0.437. The van der Waals surface area contributed by atoms with Crippen LogP contribution >= 0.6 is 0 Å². The number of anilines is 1. The van der Waals surface area contributed by atoms with Gasteiger partial charge in [-0.05, 0) is 69.5 Å². The number of allylic oxidation sites excluding steroid dienone is 1. The first-order valence-corrected chi connectivity index (χ1v) is 23.7.